The summed E-state index contributed by atoms with van der Waals surface area (Å²) < 4.78 is 1.92. The van der Waals surface area contributed by atoms with Crippen molar-refractivity contribution in [3.8, 4) is 5.75 Å². The number of aromatic hydroxyl groups is 1. The highest BCUT2D eigenvalue weighted by molar-refractivity contribution is 6.09. The van der Waals surface area contributed by atoms with Gasteiger partial charge in [0.15, 0.2) is 5.78 Å². The number of hydrogen-bond donors (Lipinski definition) is 2. The van der Waals surface area contributed by atoms with Gasteiger partial charge in [0, 0.05) is 63.2 Å². The summed E-state index contributed by atoms with van der Waals surface area (Å²) in [6.07, 6.45) is 4.43. The number of hydrogen-bond acceptors (Lipinski definition) is 7. The number of rotatable bonds is 14. The molecule has 2 N–H and O–H groups in total. The van der Waals surface area contributed by atoms with Crippen LogP contribution in [0.2, 0.25) is 0 Å². The van der Waals surface area contributed by atoms with Crippen molar-refractivity contribution in [2.75, 3.05) is 26.2 Å². The zero-order valence-electron chi connectivity index (χ0n) is 31.6. The van der Waals surface area contributed by atoms with Gasteiger partial charge in [0.25, 0.3) is 0 Å². The Labute approximate surface area is 326 Å². The second kappa shape index (κ2) is 16.8. The van der Waals surface area contributed by atoms with Crippen LogP contribution in [-0.2, 0) is 53.7 Å². The van der Waals surface area contributed by atoms with Crippen LogP contribution in [0, 0.1) is 0 Å². The molecule has 4 aromatic carbocycles. The number of carbonyl (C=O) groups is 4. The molecule has 0 saturated carbocycles. The zero-order chi connectivity index (χ0) is 39.3. The molecule has 2 fully saturated rings. The minimum atomic E-state index is -0.908. The van der Waals surface area contributed by atoms with Crippen molar-refractivity contribution in [3.63, 3.8) is 0 Å². The number of aliphatic hydroxyl groups excluding tert-OH is 1. The number of carbonyl (C=O) groups excluding carboxylic acids is 4. The SMILES string of the molecule is C=CCN1CC(=O)N2C(CN(Cc3cccc4c(C(=O)Cc5ccc(CCO)cc5)cn(C)c34)C(=O)[C@@H]2Cc2ccc(O)cc2)N1C(=O)CCc1ccccc1. The third-order valence-corrected chi connectivity index (χ3v) is 10.8. The zero-order valence-corrected chi connectivity index (χ0v) is 31.6. The van der Waals surface area contributed by atoms with E-state index >= 15 is 0 Å². The highest BCUT2D eigenvalue weighted by Crippen LogP contribution is 2.32. The van der Waals surface area contributed by atoms with Crippen LogP contribution in [0.15, 0.2) is 116 Å². The molecule has 7 rings (SSSR count). The van der Waals surface area contributed by atoms with E-state index in [1.807, 2.05) is 90.6 Å². The molecule has 3 heterocycles. The van der Waals surface area contributed by atoms with Gasteiger partial charge in [0.1, 0.15) is 18.0 Å². The molecule has 56 heavy (non-hydrogen) atoms. The van der Waals surface area contributed by atoms with Crippen molar-refractivity contribution in [3.05, 3.63) is 149 Å². The predicted octanol–water partition coefficient (Wildman–Crippen LogP) is 4.83. The molecule has 2 aliphatic rings. The summed E-state index contributed by atoms with van der Waals surface area (Å²) in [6.45, 7) is 4.42. The lowest BCUT2D eigenvalue weighted by Crippen LogP contribution is -2.75. The Hall–Kier alpha value is -6.04. The lowest BCUT2D eigenvalue weighted by Gasteiger charge is -2.55. The van der Waals surface area contributed by atoms with E-state index < -0.39 is 12.2 Å². The van der Waals surface area contributed by atoms with E-state index in [0.717, 1.165) is 38.7 Å². The van der Waals surface area contributed by atoms with Crippen LogP contribution in [0.5, 0.6) is 5.75 Å². The quantitative estimate of drug-likeness (QED) is 0.123. The number of Topliss-reactive ketones (excluding diaryl/α,β-unsaturated/α-hetero) is 1. The van der Waals surface area contributed by atoms with E-state index in [1.54, 1.807) is 50.2 Å². The summed E-state index contributed by atoms with van der Waals surface area (Å²) in [5, 5.41) is 23.4. The van der Waals surface area contributed by atoms with E-state index in [0.29, 0.717) is 18.4 Å². The summed E-state index contributed by atoms with van der Waals surface area (Å²) in [7, 11) is 1.89. The molecule has 3 amide bonds. The number of aromatic nitrogens is 1. The van der Waals surface area contributed by atoms with Gasteiger partial charge in [0.05, 0.1) is 18.6 Å². The maximum Gasteiger partial charge on any atom is 0.246 e. The third-order valence-electron chi connectivity index (χ3n) is 10.8. The molecule has 0 aliphatic carbocycles. The molecule has 288 valence electrons. The molecule has 0 radical (unpaired) electrons. The Balaban J connectivity index is 1.22. The van der Waals surface area contributed by atoms with Gasteiger partial charge in [-0.1, -0.05) is 91.0 Å². The first-order valence-electron chi connectivity index (χ1n) is 19.0. The van der Waals surface area contributed by atoms with Crippen molar-refractivity contribution < 1.29 is 29.4 Å². The average Bonchev–Trinajstić information content (AvgIpc) is 3.54. The number of nitrogens with zero attached hydrogens (tertiary/aromatic N) is 5. The highest BCUT2D eigenvalue weighted by Gasteiger charge is 2.51. The van der Waals surface area contributed by atoms with E-state index in [2.05, 4.69) is 6.58 Å². The van der Waals surface area contributed by atoms with E-state index in [1.165, 1.54) is 0 Å². The molecule has 11 heteroatoms. The first kappa shape index (κ1) is 38.2. The van der Waals surface area contributed by atoms with Crippen molar-refractivity contribution in [2.45, 2.75) is 50.9 Å². The molecule has 2 saturated heterocycles. The fourth-order valence-corrected chi connectivity index (χ4v) is 8.11. The van der Waals surface area contributed by atoms with Crippen LogP contribution in [0.25, 0.3) is 10.9 Å². The average molecular weight is 754 g/mol. The predicted molar refractivity (Wildman–Crippen MR) is 213 cm³/mol. The van der Waals surface area contributed by atoms with Gasteiger partial charge in [-0.25, -0.2) is 10.0 Å². The Morgan fingerprint density at radius 2 is 1.55 bits per heavy atom. The van der Waals surface area contributed by atoms with Crippen LogP contribution in [0.4, 0.5) is 0 Å². The topological polar surface area (TPSA) is 127 Å². The third kappa shape index (κ3) is 8.00. The molecule has 5 aromatic rings. The first-order valence-corrected chi connectivity index (χ1v) is 19.0. The second-order valence-corrected chi connectivity index (χ2v) is 14.6. The Morgan fingerprint density at radius 1 is 0.857 bits per heavy atom. The molecule has 1 aromatic heterocycles. The van der Waals surface area contributed by atoms with Crippen molar-refractivity contribution in [2.24, 2.45) is 7.05 Å². The normalized spacial score (nSPS) is 17.4. The van der Waals surface area contributed by atoms with Gasteiger partial charge in [-0.15, -0.1) is 6.58 Å². The molecular weight excluding hydrogens is 707 g/mol. The summed E-state index contributed by atoms with van der Waals surface area (Å²) in [6, 6.07) is 28.9. The van der Waals surface area contributed by atoms with Crippen molar-refractivity contribution in [1.29, 1.82) is 0 Å². The lowest BCUT2D eigenvalue weighted by molar-refractivity contribution is -0.205. The van der Waals surface area contributed by atoms with Gasteiger partial charge in [0.2, 0.25) is 17.7 Å². The number of para-hydroxylation sites is 1. The smallest absolute Gasteiger partial charge is 0.246 e. The Morgan fingerprint density at radius 3 is 2.27 bits per heavy atom. The Kier molecular flexibility index (Phi) is 11.4. The van der Waals surface area contributed by atoms with Crippen LogP contribution >= 0.6 is 0 Å². The molecule has 2 aliphatic heterocycles. The fraction of sp³-hybridized carbons (Fsp3) is 0.289. The number of phenolic OH excluding ortho intramolecular Hbond substituents is 1. The largest absolute Gasteiger partial charge is 0.508 e. The molecular formula is C45H47N5O6. The number of benzene rings is 4. The molecule has 2 atom stereocenters. The summed E-state index contributed by atoms with van der Waals surface area (Å²) in [5.74, 6) is -0.599. The van der Waals surface area contributed by atoms with Crippen LogP contribution in [0.1, 0.15) is 44.6 Å². The number of phenols is 1. The minimum absolute atomic E-state index is 0.0333. The number of amides is 3. The number of fused-ring (bicyclic) bond motifs is 2. The van der Waals surface area contributed by atoms with E-state index in [4.69, 9.17) is 0 Å². The monoisotopic (exact) mass is 753 g/mol. The fourth-order valence-electron chi connectivity index (χ4n) is 8.11. The summed E-state index contributed by atoms with van der Waals surface area (Å²) in [5.41, 5.74) is 5.90. The molecule has 0 bridgehead atoms. The number of aryl methyl sites for hydroxylation is 2. The van der Waals surface area contributed by atoms with Gasteiger partial charge < -0.3 is 24.6 Å². The minimum Gasteiger partial charge on any atom is -0.508 e. The van der Waals surface area contributed by atoms with E-state index in [9.17, 15) is 29.4 Å². The number of aliphatic hydroxyl groups is 1. The van der Waals surface area contributed by atoms with Crippen LogP contribution < -0.4 is 0 Å². The standard InChI is InChI=1S/C45H47N5O6/c1-3-23-48-30-43(55)49-39(25-33-16-19-36(52)20-17-33)45(56)47(29-41(49)50(48)42(54)21-18-31-8-5-4-6-9-31)27-35-10-7-11-37-38(28-46(2)44(35)37)40(53)26-34-14-12-32(13-15-34)22-24-51/h3-17,19-20,28,39,41,51-52H,1,18,21-27,29-30H2,2H3/t39-,41?/m0/s1. The summed E-state index contributed by atoms with van der Waals surface area (Å²) >= 11 is 0. The maximum atomic E-state index is 14.7. The Bertz CT molecular complexity index is 2230. The van der Waals surface area contributed by atoms with E-state index in [-0.39, 0.29) is 81.3 Å². The molecule has 1 unspecified atom stereocenters. The molecule has 11 nitrogen and oxygen atoms in total. The van der Waals surface area contributed by atoms with Crippen LogP contribution in [-0.4, -0.2) is 96.6 Å². The number of piperazine rings is 1. The van der Waals surface area contributed by atoms with Gasteiger partial charge >= 0.3 is 0 Å². The van der Waals surface area contributed by atoms with Crippen molar-refractivity contribution >= 4 is 34.4 Å². The van der Waals surface area contributed by atoms with Crippen LogP contribution in [0.3, 0.4) is 0 Å². The maximum absolute atomic E-state index is 14.7. The second-order valence-electron chi connectivity index (χ2n) is 14.6. The first-order chi connectivity index (χ1) is 27.1. The van der Waals surface area contributed by atoms with Gasteiger partial charge in [-0.05, 0) is 52.8 Å². The number of ketones is 1. The highest BCUT2D eigenvalue weighted by atomic mass is 16.3. The van der Waals surface area contributed by atoms with Gasteiger partial charge in [-0.2, -0.15) is 0 Å². The number of hydrazine groups is 1. The summed E-state index contributed by atoms with van der Waals surface area (Å²) in [4.78, 5) is 60.0. The lowest BCUT2D eigenvalue weighted by atomic mass is 9.97. The van der Waals surface area contributed by atoms with Gasteiger partial charge in [-0.3, -0.25) is 19.2 Å². The molecule has 0 spiro atoms. The van der Waals surface area contributed by atoms with Crippen molar-refractivity contribution in [1.82, 2.24) is 24.4 Å².